The first-order valence-electron chi connectivity index (χ1n) is 10.1. The molecule has 0 spiro atoms. The van der Waals surface area contributed by atoms with E-state index in [0.717, 1.165) is 22.3 Å². The summed E-state index contributed by atoms with van der Waals surface area (Å²) in [5.74, 6) is 1.29. The van der Waals surface area contributed by atoms with Crippen molar-refractivity contribution < 1.29 is 23.7 Å². The summed E-state index contributed by atoms with van der Waals surface area (Å²) in [6, 6.07) is 10.7. The van der Waals surface area contributed by atoms with Gasteiger partial charge >= 0.3 is 5.97 Å². The fourth-order valence-corrected chi connectivity index (χ4v) is 3.58. The predicted molar refractivity (Wildman–Crippen MR) is 118 cm³/mol. The standard InChI is InChI=1S/C23H24N4O5/c1-6-15-13(2)26-27(23-24-16-9-7-8-10-17(16)25-23)21(15)32-22(28)14-11-18(29-3)20(31-5)19(12-14)30-4/h7-12H,6H2,1-5H3,(H,24,25). The van der Waals surface area contributed by atoms with Crippen LogP contribution < -0.4 is 18.9 Å². The largest absolute Gasteiger partial charge is 0.493 e. The van der Waals surface area contributed by atoms with Crippen LogP contribution in [0.1, 0.15) is 28.5 Å². The molecule has 0 atom stereocenters. The van der Waals surface area contributed by atoms with E-state index in [9.17, 15) is 4.79 Å². The first kappa shape index (κ1) is 21.2. The van der Waals surface area contributed by atoms with E-state index >= 15 is 0 Å². The van der Waals surface area contributed by atoms with E-state index in [1.807, 2.05) is 38.1 Å². The summed E-state index contributed by atoms with van der Waals surface area (Å²) in [4.78, 5) is 20.9. The number of imidazole rings is 1. The lowest BCUT2D eigenvalue weighted by Crippen LogP contribution is -2.14. The van der Waals surface area contributed by atoms with Crippen LogP contribution >= 0.6 is 0 Å². The molecule has 0 fully saturated rings. The molecule has 2 aromatic carbocycles. The van der Waals surface area contributed by atoms with Crippen molar-refractivity contribution in [3.63, 3.8) is 0 Å². The quantitative estimate of drug-likeness (QED) is 0.439. The van der Waals surface area contributed by atoms with Gasteiger partial charge in [-0.1, -0.05) is 19.1 Å². The monoisotopic (exact) mass is 436 g/mol. The van der Waals surface area contributed by atoms with Crippen molar-refractivity contribution >= 4 is 17.0 Å². The number of H-pyrrole nitrogens is 1. The van der Waals surface area contributed by atoms with Crippen molar-refractivity contribution in [1.82, 2.24) is 19.7 Å². The molecule has 0 aliphatic rings. The first-order valence-corrected chi connectivity index (χ1v) is 10.1. The Balaban J connectivity index is 1.77. The Morgan fingerprint density at radius 2 is 1.75 bits per heavy atom. The van der Waals surface area contributed by atoms with Crippen LogP contribution in [0, 0.1) is 6.92 Å². The predicted octanol–water partition coefficient (Wildman–Crippen LogP) is 3.86. The summed E-state index contributed by atoms with van der Waals surface area (Å²) >= 11 is 0. The topological polar surface area (TPSA) is 100 Å². The molecule has 4 rings (SSSR count). The number of aromatic amines is 1. The summed E-state index contributed by atoms with van der Waals surface area (Å²) in [5.41, 5.74) is 3.45. The summed E-state index contributed by atoms with van der Waals surface area (Å²) in [6.45, 7) is 3.85. The third-order valence-corrected chi connectivity index (χ3v) is 5.16. The minimum atomic E-state index is -0.587. The maximum Gasteiger partial charge on any atom is 0.345 e. The lowest BCUT2D eigenvalue weighted by Gasteiger charge is -2.14. The molecule has 0 bridgehead atoms. The average Bonchev–Trinajstić information content (AvgIpc) is 3.38. The van der Waals surface area contributed by atoms with Crippen molar-refractivity contribution in [3.05, 3.63) is 53.2 Å². The van der Waals surface area contributed by atoms with Crippen molar-refractivity contribution in [2.24, 2.45) is 0 Å². The van der Waals surface area contributed by atoms with Gasteiger partial charge in [-0.2, -0.15) is 9.78 Å². The molecule has 32 heavy (non-hydrogen) atoms. The number of rotatable bonds is 7. The molecule has 0 amide bonds. The van der Waals surface area contributed by atoms with Crippen LogP contribution in [0.25, 0.3) is 17.0 Å². The van der Waals surface area contributed by atoms with Crippen LogP contribution in [-0.2, 0) is 6.42 Å². The first-order chi connectivity index (χ1) is 15.5. The molecule has 0 saturated heterocycles. The third kappa shape index (κ3) is 3.62. The Hall–Kier alpha value is -4.01. The molecule has 2 aromatic heterocycles. The van der Waals surface area contributed by atoms with Crippen LogP contribution in [0.4, 0.5) is 0 Å². The van der Waals surface area contributed by atoms with Gasteiger partial charge < -0.3 is 23.9 Å². The smallest absolute Gasteiger partial charge is 0.345 e. The molecular weight excluding hydrogens is 412 g/mol. The number of esters is 1. The van der Waals surface area contributed by atoms with Gasteiger partial charge in [0.25, 0.3) is 0 Å². The lowest BCUT2D eigenvalue weighted by atomic mass is 10.1. The number of nitrogens with zero attached hydrogens (tertiary/aromatic N) is 3. The second kappa shape index (κ2) is 8.62. The highest BCUT2D eigenvalue weighted by Crippen LogP contribution is 2.38. The minimum Gasteiger partial charge on any atom is -0.493 e. The molecular formula is C23H24N4O5. The number of benzene rings is 2. The molecule has 9 nitrogen and oxygen atoms in total. The number of aryl methyl sites for hydroxylation is 1. The van der Waals surface area contributed by atoms with Crippen molar-refractivity contribution in [3.8, 4) is 29.1 Å². The fourth-order valence-electron chi connectivity index (χ4n) is 3.58. The number of hydrogen-bond donors (Lipinski definition) is 1. The normalized spacial score (nSPS) is 10.9. The molecule has 0 aliphatic carbocycles. The van der Waals surface area contributed by atoms with E-state index in [-0.39, 0.29) is 5.56 Å². The molecule has 0 aliphatic heterocycles. The zero-order valence-corrected chi connectivity index (χ0v) is 18.6. The van der Waals surface area contributed by atoms with E-state index in [2.05, 4.69) is 15.1 Å². The molecule has 0 unspecified atom stereocenters. The van der Waals surface area contributed by atoms with E-state index in [4.69, 9.17) is 18.9 Å². The lowest BCUT2D eigenvalue weighted by molar-refractivity contribution is 0.0720. The fraction of sp³-hybridized carbons (Fsp3) is 0.261. The van der Waals surface area contributed by atoms with Gasteiger partial charge in [-0.3, -0.25) is 0 Å². The van der Waals surface area contributed by atoms with Crippen molar-refractivity contribution in [2.45, 2.75) is 20.3 Å². The number of para-hydroxylation sites is 2. The van der Waals surface area contributed by atoms with Crippen LogP contribution in [0.2, 0.25) is 0 Å². The SMILES string of the molecule is CCc1c(C)nn(-c2nc3ccccc3[nH]2)c1OC(=O)c1cc(OC)c(OC)c(OC)c1. The zero-order chi connectivity index (χ0) is 22.8. The van der Waals surface area contributed by atoms with E-state index in [0.29, 0.717) is 35.5 Å². The number of carbonyl (C=O) groups is 1. The van der Waals surface area contributed by atoms with Gasteiger partial charge in [0.15, 0.2) is 11.5 Å². The second-order valence-electron chi connectivity index (χ2n) is 7.02. The third-order valence-electron chi connectivity index (χ3n) is 5.16. The van der Waals surface area contributed by atoms with E-state index in [1.54, 1.807) is 12.1 Å². The van der Waals surface area contributed by atoms with E-state index < -0.39 is 5.97 Å². The van der Waals surface area contributed by atoms with Crippen LogP contribution in [-0.4, -0.2) is 47.0 Å². The Morgan fingerprint density at radius 1 is 1.06 bits per heavy atom. The van der Waals surface area contributed by atoms with Gasteiger partial charge in [-0.15, -0.1) is 0 Å². The molecule has 4 aromatic rings. The van der Waals surface area contributed by atoms with Crippen LogP contribution in [0.3, 0.4) is 0 Å². The molecule has 2 heterocycles. The molecule has 166 valence electrons. The van der Waals surface area contributed by atoms with Gasteiger partial charge in [-0.25, -0.2) is 9.78 Å². The van der Waals surface area contributed by atoms with Gasteiger partial charge in [0.05, 0.1) is 43.6 Å². The maximum atomic E-state index is 13.1. The number of methoxy groups -OCH3 is 3. The van der Waals surface area contributed by atoms with Gasteiger partial charge in [0, 0.05) is 5.56 Å². The Labute approximate surface area is 184 Å². The maximum absolute atomic E-state index is 13.1. The molecule has 0 radical (unpaired) electrons. The van der Waals surface area contributed by atoms with Gasteiger partial charge in [-0.05, 0) is 37.6 Å². The molecule has 0 saturated carbocycles. The number of nitrogens with one attached hydrogen (secondary N) is 1. The number of hydrogen-bond acceptors (Lipinski definition) is 7. The average molecular weight is 436 g/mol. The highest BCUT2D eigenvalue weighted by Gasteiger charge is 2.24. The Bertz CT molecular complexity index is 1230. The van der Waals surface area contributed by atoms with Crippen LogP contribution in [0.5, 0.6) is 23.1 Å². The summed E-state index contributed by atoms with van der Waals surface area (Å²) in [6.07, 6.45) is 0.629. The number of ether oxygens (including phenoxy) is 4. The Kier molecular flexibility index (Phi) is 5.72. The highest BCUT2D eigenvalue weighted by molar-refractivity contribution is 5.92. The van der Waals surface area contributed by atoms with Gasteiger partial charge in [0.2, 0.25) is 17.6 Å². The minimum absolute atomic E-state index is 0.247. The number of carbonyl (C=O) groups excluding carboxylic acids is 1. The second-order valence-corrected chi connectivity index (χ2v) is 7.02. The van der Waals surface area contributed by atoms with Crippen LogP contribution in [0.15, 0.2) is 36.4 Å². The summed E-state index contributed by atoms with van der Waals surface area (Å²) in [7, 11) is 4.48. The number of fused-ring (bicyclic) bond motifs is 1. The summed E-state index contributed by atoms with van der Waals surface area (Å²) < 4.78 is 23.4. The number of aromatic nitrogens is 4. The van der Waals surface area contributed by atoms with E-state index in [1.165, 1.54) is 26.0 Å². The Morgan fingerprint density at radius 3 is 2.34 bits per heavy atom. The van der Waals surface area contributed by atoms with Crippen molar-refractivity contribution in [2.75, 3.05) is 21.3 Å². The van der Waals surface area contributed by atoms with Gasteiger partial charge in [0.1, 0.15) is 0 Å². The zero-order valence-electron chi connectivity index (χ0n) is 18.6. The molecule has 1 N–H and O–H groups in total. The summed E-state index contributed by atoms with van der Waals surface area (Å²) in [5, 5.41) is 4.56. The van der Waals surface area contributed by atoms with Crippen molar-refractivity contribution in [1.29, 1.82) is 0 Å². The highest BCUT2D eigenvalue weighted by atomic mass is 16.5. The molecule has 9 heteroatoms.